The fourth-order valence-corrected chi connectivity index (χ4v) is 4.10. The first-order valence-electron chi connectivity index (χ1n) is 11.2. The van der Waals surface area contributed by atoms with Crippen molar-refractivity contribution in [2.75, 3.05) is 6.54 Å². The number of benzene rings is 2. The predicted molar refractivity (Wildman–Crippen MR) is 127 cm³/mol. The van der Waals surface area contributed by atoms with E-state index in [-0.39, 0.29) is 30.8 Å². The Hall–Kier alpha value is -2.70. The lowest BCUT2D eigenvalue weighted by Gasteiger charge is -2.32. The highest BCUT2D eigenvalue weighted by molar-refractivity contribution is 5.91. The first-order valence-corrected chi connectivity index (χ1v) is 11.2. The summed E-state index contributed by atoms with van der Waals surface area (Å²) in [6.45, 7) is 9.79. The zero-order valence-corrected chi connectivity index (χ0v) is 19.6. The Kier molecular flexibility index (Phi) is 7.06. The van der Waals surface area contributed by atoms with Crippen molar-refractivity contribution in [3.63, 3.8) is 0 Å². The molecule has 6 nitrogen and oxygen atoms in total. The number of aryl methyl sites for hydroxylation is 1. The Morgan fingerprint density at radius 3 is 2.34 bits per heavy atom. The minimum Gasteiger partial charge on any atom is -0.391 e. The SMILES string of the molecule is Cc1ccccc1-c1ccc([C@H](C)NC(=O)[C@@H]2C[C@@H](O)CN2C(=O)[C@@H](N)C(C)(C)C)cc1. The molecule has 0 radical (unpaired) electrons. The van der Waals surface area contributed by atoms with Gasteiger partial charge in [0.2, 0.25) is 11.8 Å². The number of β-amino-alcohol motifs (C(OH)–C–C–N with tert-alkyl or cyclic N) is 1. The van der Waals surface area contributed by atoms with Gasteiger partial charge in [-0.1, -0.05) is 69.3 Å². The number of amides is 2. The maximum absolute atomic E-state index is 13.0. The Balaban J connectivity index is 1.70. The van der Waals surface area contributed by atoms with Crippen molar-refractivity contribution >= 4 is 11.8 Å². The average molecular weight is 438 g/mol. The van der Waals surface area contributed by atoms with E-state index >= 15 is 0 Å². The van der Waals surface area contributed by atoms with Gasteiger partial charge in [-0.15, -0.1) is 0 Å². The van der Waals surface area contributed by atoms with Gasteiger partial charge in [-0.3, -0.25) is 9.59 Å². The summed E-state index contributed by atoms with van der Waals surface area (Å²) in [4.78, 5) is 27.4. The van der Waals surface area contributed by atoms with Crippen molar-refractivity contribution in [3.05, 3.63) is 59.7 Å². The lowest BCUT2D eigenvalue weighted by atomic mass is 9.86. The van der Waals surface area contributed by atoms with Crippen molar-refractivity contribution < 1.29 is 14.7 Å². The molecule has 1 heterocycles. The van der Waals surface area contributed by atoms with Crippen LogP contribution in [-0.4, -0.2) is 46.6 Å². The van der Waals surface area contributed by atoms with Crippen LogP contribution in [0.3, 0.4) is 0 Å². The third-order valence-corrected chi connectivity index (χ3v) is 6.29. The summed E-state index contributed by atoms with van der Waals surface area (Å²) >= 11 is 0. The molecule has 0 spiro atoms. The van der Waals surface area contributed by atoms with Crippen LogP contribution in [0.25, 0.3) is 11.1 Å². The standard InChI is InChI=1S/C26H35N3O3/c1-16-8-6-7-9-21(16)19-12-10-18(11-13-19)17(2)28-24(31)22-14-20(30)15-29(22)25(32)23(27)26(3,4)5/h6-13,17,20,22-23,30H,14-15,27H2,1-5H3,(H,28,31)/t17-,20+,22-,23+/m0/s1. The van der Waals surface area contributed by atoms with Gasteiger partial charge in [0.1, 0.15) is 6.04 Å². The first kappa shape index (κ1) is 24.0. The van der Waals surface area contributed by atoms with E-state index in [0.717, 1.165) is 11.1 Å². The molecule has 4 atom stereocenters. The zero-order valence-electron chi connectivity index (χ0n) is 19.6. The molecule has 172 valence electrons. The van der Waals surface area contributed by atoms with Crippen molar-refractivity contribution in [1.82, 2.24) is 10.2 Å². The van der Waals surface area contributed by atoms with E-state index in [2.05, 4.69) is 36.5 Å². The van der Waals surface area contributed by atoms with E-state index in [0.29, 0.717) is 0 Å². The number of carbonyl (C=O) groups is 2. The van der Waals surface area contributed by atoms with Crippen molar-refractivity contribution in [1.29, 1.82) is 0 Å². The second-order valence-electron chi connectivity index (χ2n) is 9.91. The predicted octanol–water partition coefficient (Wildman–Crippen LogP) is 3.17. The molecule has 0 aliphatic carbocycles. The maximum atomic E-state index is 13.0. The summed E-state index contributed by atoms with van der Waals surface area (Å²) in [7, 11) is 0. The van der Waals surface area contributed by atoms with Crippen LogP contribution in [-0.2, 0) is 9.59 Å². The van der Waals surface area contributed by atoms with Crippen LogP contribution in [0.1, 0.15) is 51.3 Å². The van der Waals surface area contributed by atoms with Crippen molar-refractivity contribution in [2.45, 2.75) is 65.3 Å². The van der Waals surface area contributed by atoms with E-state index in [1.807, 2.05) is 52.0 Å². The molecule has 0 unspecified atom stereocenters. The molecule has 1 aliphatic heterocycles. The average Bonchev–Trinajstić information content (AvgIpc) is 3.14. The van der Waals surface area contributed by atoms with Gasteiger partial charge in [0.05, 0.1) is 18.2 Å². The summed E-state index contributed by atoms with van der Waals surface area (Å²) in [5, 5.41) is 13.2. The third-order valence-electron chi connectivity index (χ3n) is 6.29. The van der Waals surface area contributed by atoms with Crippen LogP contribution in [0.4, 0.5) is 0 Å². The van der Waals surface area contributed by atoms with Gasteiger partial charge in [-0.2, -0.15) is 0 Å². The molecule has 0 saturated carbocycles. The van der Waals surface area contributed by atoms with Crippen LogP contribution in [0.5, 0.6) is 0 Å². The molecule has 1 saturated heterocycles. The highest BCUT2D eigenvalue weighted by Crippen LogP contribution is 2.27. The fourth-order valence-electron chi connectivity index (χ4n) is 4.10. The quantitative estimate of drug-likeness (QED) is 0.669. The Morgan fingerprint density at radius 2 is 1.75 bits per heavy atom. The van der Waals surface area contributed by atoms with E-state index in [1.54, 1.807) is 0 Å². The number of likely N-dealkylation sites (tertiary alicyclic amines) is 1. The summed E-state index contributed by atoms with van der Waals surface area (Å²) in [5.74, 6) is -0.573. The van der Waals surface area contributed by atoms with Crippen LogP contribution in [0, 0.1) is 12.3 Å². The molecule has 32 heavy (non-hydrogen) atoms. The maximum Gasteiger partial charge on any atom is 0.243 e. The molecule has 3 rings (SSSR count). The van der Waals surface area contributed by atoms with E-state index in [4.69, 9.17) is 5.73 Å². The van der Waals surface area contributed by atoms with E-state index < -0.39 is 23.6 Å². The minimum atomic E-state index is -0.741. The van der Waals surface area contributed by atoms with Crippen molar-refractivity contribution in [2.24, 2.45) is 11.1 Å². The highest BCUT2D eigenvalue weighted by Gasteiger charge is 2.42. The largest absolute Gasteiger partial charge is 0.391 e. The topological polar surface area (TPSA) is 95.7 Å². The number of nitrogens with zero attached hydrogens (tertiary/aromatic N) is 1. The molecule has 0 aromatic heterocycles. The second kappa shape index (κ2) is 9.43. The third kappa shape index (κ3) is 5.19. The molecule has 1 aliphatic rings. The van der Waals surface area contributed by atoms with E-state index in [9.17, 15) is 14.7 Å². The van der Waals surface area contributed by atoms with Crippen LogP contribution >= 0.6 is 0 Å². The number of aliphatic hydroxyl groups is 1. The number of nitrogens with two attached hydrogens (primary N) is 1. The van der Waals surface area contributed by atoms with Gasteiger partial charge >= 0.3 is 0 Å². The Morgan fingerprint density at radius 1 is 1.12 bits per heavy atom. The molecule has 6 heteroatoms. The van der Waals surface area contributed by atoms with E-state index in [1.165, 1.54) is 16.0 Å². The van der Waals surface area contributed by atoms with Gasteiger partial charge in [0.25, 0.3) is 0 Å². The summed E-state index contributed by atoms with van der Waals surface area (Å²) in [6.07, 6.45) is -0.515. The van der Waals surface area contributed by atoms with Gasteiger partial charge in [-0.25, -0.2) is 0 Å². The molecule has 4 N–H and O–H groups in total. The molecular formula is C26H35N3O3. The van der Waals surface area contributed by atoms with Gasteiger partial charge in [-0.05, 0) is 41.5 Å². The number of aliphatic hydroxyl groups excluding tert-OH is 1. The van der Waals surface area contributed by atoms with Crippen molar-refractivity contribution in [3.8, 4) is 11.1 Å². The normalized spacial score (nSPS) is 20.7. The summed E-state index contributed by atoms with van der Waals surface area (Å²) in [5.41, 5.74) is 10.2. The van der Waals surface area contributed by atoms with Gasteiger partial charge in [0.15, 0.2) is 0 Å². The molecule has 0 bridgehead atoms. The molecular weight excluding hydrogens is 402 g/mol. The lowest BCUT2D eigenvalue weighted by molar-refractivity contribution is -0.141. The molecule has 2 amide bonds. The molecule has 1 fully saturated rings. The smallest absolute Gasteiger partial charge is 0.243 e. The number of hydrogen-bond donors (Lipinski definition) is 3. The first-order chi connectivity index (χ1) is 15.0. The molecule has 2 aromatic carbocycles. The van der Waals surface area contributed by atoms with Gasteiger partial charge in [0, 0.05) is 13.0 Å². The van der Waals surface area contributed by atoms with Crippen LogP contribution in [0.2, 0.25) is 0 Å². The summed E-state index contributed by atoms with van der Waals surface area (Å²) in [6, 6.07) is 14.6. The highest BCUT2D eigenvalue weighted by atomic mass is 16.3. The van der Waals surface area contributed by atoms with Crippen LogP contribution in [0.15, 0.2) is 48.5 Å². The Labute approximate surface area is 190 Å². The lowest BCUT2D eigenvalue weighted by Crippen LogP contribution is -2.55. The Bertz CT molecular complexity index is 965. The number of carbonyl (C=O) groups excluding carboxylic acids is 2. The monoisotopic (exact) mass is 437 g/mol. The second-order valence-corrected chi connectivity index (χ2v) is 9.91. The number of hydrogen-bond acceptors (Lipinski definition) is 4. The molecule has 2 aromatic rings. The number of nitrogens with one attached hydrogen (secondary N) is 1. The summed E-state index contributed by atoms with van der Waals surface area (Å²) < 4.78 is 0. The number of rotatable bonds is 5. The zero-order chi connectivity index (χ0) is 23.6. The van der Waals surface area contributed by atoms with Crippen LogP contribution < -0.4 is 11.1 Å². The van der Waals surface area contributed by atoms with Gasteiger partial charge < -0.3 is 21.1 Å². The minimum absolute atomic E-state index is 0.125. The fraction of sp³-hybridized carbons (Fsp3) is 0.462.